The van der Waals surface area contributed by atoms with E-state index in [1.807, 2.05) is 6.92 Å². The molecule has 3 rings (SSSR count). The molecule has 1 nitrogen and oxygen atoms in total. The van der Waals surface area contributed by atoms with E-state index in [4.69, 9.17) is 0 Å². The molecule has 0 amide bonds. The zero-order valence-electron chi connectivity index (χ0n) is 8.50. The lowest BCUT2D eigenvalue weighted by Gasteiger charge is -2.44. The second kappa shape index (κ2) is 3.45. The smallest absolute Gasteiger partial charge is 0.0775 e. The second-order valence-corrected chi connectivity index (χ2v) is 4.97. The maximum Gasteiger partial charge on any atom is 0.0775 e. The largest absolute Gasteiger partial charge is 0.388 e. The Morgan fingerprint density at radius 1 is 1.31 bits per heavy atom. The zero-order chi connectivity index (χ0) is 9.42. The van der Waals surface area contributed by atoms with Crippen LogP contribution < -0.4 is 0 Å². The number of hydrogen-bond acceptors (Lipinski definition) is 1. The van der Waals surface area contributed by atoms with Crippen LogP contribution in [0.3, 0.4) is 0 Å². The molecule has 3 fully saturated rings. The molecule has 0 radical (unpaired) electrons. The highest BCUT2D eigenvalue weighted by Crippen LogP contribution is 2.46. The summed E-state index contributed by atoms with van der Waals surface area (Å²) in [6.07, 6.45) is 6.53. The van der Waals surface area contributed by atoms with Gasteiger partial charge in [0.1, 0.15) is 0 Å². The van der Waals surface area contributed by atoms with Crippen LogP contribution in [0, 0.1) is 17.8 Å². The van der Waals surface area contributed by atoms with Gasteiger partial charge in [-0.15, -0.1) is 0 Å². The molecule has 0 heterocycles. The van der Waals surface area contributed by atoms with Gasteiger partial charge in [-0.2, -0.15) is 0 Å². The van der Waals surface area contributed by atoms with Crippen LogP contribution in [0.25, 0.3) is 0 Å². The minimum atomic E-state index is -0.229. The molecule has 0 aromatic carbocycles. The summed E-state index contributed by atoms with van der Waals surface area (Å²) in [4.78, 5) is 0. The van der Waals surface area contributed by atoms with Crippen LogP contribution in [0.4, 0.5) is 0 Å². The van der Waals surface area contributed by atoms with Crippen LogP contribution in [0.5, 0.6) is 0 Å². The topological polar surface area (TPSA) is 20.2 Å². The van der Waals surface area contributed by atoms with E-state index < -0.39 is 0 Å². The van der Waals surface area contributed by atoms with Gasteiger partial charge in [-0.3, -0.25) is 0 Å². The lowest BCUT2D eigenvalue weighted by Crippen LogP contribution is -2.38. The molecule has 13 heavy (non-hydrogen) atoms. The van der Waals surface area contributed by atoms with Gasteiger partial charge in [0.2, 0.25) is 0 Å². The minimum Gasteiger partial charge on any atom is -0.388 e. The van der Waals surface area contributed by atoms with Crippen LogP contribution in [0.1, 0.15) is 39.0 Å². The van der Waals surface area contributed by atoms with Crippen molar-refractivity contribution in [2.24, 2.45) is 17.8 Å². The van der Waals surface area contributed by atoms with E-state index in [1.165, 1.54) is 32.1 Å². The molecule has 1 N–H and O–H groups in total. The van der Waals surface area contributed by atoms with Crippen LogP contribution in [-0.4, -0.2) is 11.2 Å². The maximum absolute atomic E-state index is 9.97. The van der Waals surface area contributed by atoms with Crippen molar-refractivity contribution >= 4 is 0 Å². The van der Waals surface area contributed by atoms with E-state index >= 15 is 0 Å². The number of rotatable bonds is 2. The highest BCUT2D eigenvalue weighted by atomic mass is 16.3. The second-order valence-electron chi connectivity index (χ2n) is 4.97. The highest BCUT2D eigenvalue weighted by molar-refractivity contribution is 5.03. The quantitative estimate of drug-likeness (QED) is 0.648. The highest BCUT2D eigenvalue weighted by Gasteiger charge is 2.38. The number of aliphatic hydroxyl groups excluding tert-OH is 1. The molecule has 0 saturated heterocycles. The van der Waals surface area contributed by atoms with Crippen molar-refractivity contribution in [3.8, 4) is 0 Å². The van der Waals surface area contributed by atoms with Crippen molar-refractivity contribution in [1.82, 2.24) is 0 Å². The first-order valence-electron chi connectivity index (χ1n) is 5.52. The molecular formula is C12H20O. The number of aliphatic hydroxyl groups is 1. The lowest BCUT2D eigenvalue weighted by molar-refractivity contribution is 0.0145. The van der Waals surface area contributed by atoms with Crippen LogP contribution in [-0.2, 0) is 0 Å². The SMILES string of the molecule is C=C(C)C(O)C1CC2CCC1CC2. The van der Waals surface area contributed by atoms with E-state index in [1.54, 1.807) is 0 Å². The monoisotopic (exact) mass is 180 g/mol. The van der Waals surface area contributed by atoms with Gasteiger partial charge in [-0.1, -0.05) is 25.0 Å². The van der Waals surface area contributed by atoms with Crippen LogP contribution in [0.2, 0.25) is 0 Å². The van der Waals surface area contributed by atoms with Crippen molar-refractivity contribution in [3.05, 3.63) is 12.2 Å². The van der Waals surface area contributed by atoms with E-state index in [0.29, 0.717) is 5.92 Å². The third kappa shape index (κ3) is 1.67. The Hall–Kier alpha value is -0.300. The van der Waals surface area contributed by atoms with Crippen molar-refractivity contribution < 1.29 is 5.11 Å². The maximum atomic E-state index is 9.97. The van der Waals surface area contributed by atoms with Gasteiger partial charge in [0.05, 0.1) is 6.10 Å². The van der Waals surface area contributed by atoms with Gasteiger partial charge in [-0.05, 0) is 43.9 Å². The average Bonchev–Trinajstić information content (AvgIpc) is 2.18. The minimum absolute atomic E-state index is 0.229. The lowest BCUT2D eigenvalue weighted by atomic mass is 9.62. The van der Waals surface area contributed by atoms with Gasteiger partial charge >= 0.3 is 0 Å². The van der Waals surface area contributed by atoms with E-state index in [9.17, 15) is 5.11 Å². The summed E-state index contributed by atoms with van der Waals surface area (Å²) in [5.74, 6) is 2.23. The van der Waals surface area contributed by atoms with Gasteiger partial charge in [0, 0.05) is 0 Å². The Morgan fingerprint density at radius 3 is 2.31 bits per heavy atom. The normalized spacial score (nSPS) is 40.3. The molecule has 74 valence electrons. The first-order chi connectivity index (χ1) is 6.18. The molecular weight excluding hydrogens is 160 g/mol. The third-order valence-corrected chi connectivity index (χ3v) is 4.01. The summed E-state index contributed by atoms with van der Waals surface area (Å²) in [7, 11) is 0. The Labute approximate surface area is 80.8 Å². The molecule has 2 atom stereocenters. The van der Waals surface area contributed by atoms with Crippen LogP contribution in [0.15, 0.2) is 12.2 Å². The summed E-state index contributed by atoms with van der Waals surface area (Å²) >= 11 is 0. The Bertz CT molecular complexity index is 201. The molecule has 0 aliphatic heterocycles. The van der Waals surface area contributed by atoms with Crippen LogP contribution >= 0.6 is 0 Å². The molecule has 2 bridgehead atoms. The number of fused-ring (bicyclic) bond motifs is 3. The van der Waals surface area contributed by atoms with Gasteiger partial charge < -0.3 is 5.11 Å². The van der Waals surface area contributed by atoms with Crippen molar-refractivity contribution in [2.75, 3.05) is 0 Å². The van der Waals surface area contributed by atoms with Crippen molar-refractivity contribution in [2.45, 2.75) is 45.1 Å². The summed E-state index contributed by atoms with van der Waals surface area (Å²) in [5, 5.41) is 9.97. The fraction of sp³-hybridized carbons (Fsp3) is 0.833. The summed E-state index contributed by atoms with van der Waals surface area (Å²) in [6, 6.07) is 0. The van der Waals surface area contributed by atoms with Crippen molar-refractivity contribution in [3.63, 3.8) is 0 Å². The molecule has 0 aromatic heterocycles. The Morgan fingerprint density at radius 2 is 1.92 bits per heavy atom. The fourth-order valence-electron chi connectivity index (χ4n) is 3.18. The molecule has 3 aliphatic rings. The Balaban J connectivity index is 2.04. The summed E-state index contributed by atoms with van der Waals surface area (Å²) < 4.78 is 0. The standard InChI is InChI=1S/C12H20O/c1-8(2)12(13)11-7-9-3-5-10(11)6-4-9/h9-13H,1,3-7H2,2H3. The first kappa shape index (κ1) is 9.26. The van der Waals surface area contributed by atoms with E-state index in [0.717, 1.165) is 17.4 Å². The zero-order valence-corrected chi connectivity index (χ0v) is 8.50. The molecule has 1 heteroatoms. The predicted molar refractivity (Wildman–Crippen MR) is 54.4 cm³/mol. The summed E-state index contributed by atoms with van der Waals surface area (Å²) in [5.41, 5.74) is 0.956. The first-order valence-corrected chi connectivity index (χ1v) is 5.52. The van der Waals surface area contributed by atoms with E-state index in [2.05, 4.69) is 6.58 Å². The van der Waals surface area contributed by atoms with Gasteiger partial charge in [0.25, 0.3) is 0 Å². The fourth-order valence-corrected chi connectivity index (χ4v) is 3.18. The molecule has 3 saturated carbocycles. The molecule has 2 unspecified atom stereocenters. The molecule has 0 spiro atoms. The van der Waals surface area contributed by atoms with E-state index in [-0.39, 0.29) is 6.10 Å². The predicted octanol–water partition coefficient (Wildman–Crippen LogP) is 2.75. The molecule has 3 aliphatic carbocycles. The van der Waals surface area contributed by atoms with Gasteiger partial charge in [-0.25, -0.2) is 0 Å². The summed E-state index contributed by atoms with van der Waals surface area (Å²) in [6.45, 7) is 5.82. The Kier molecular flexibility index (Phi) is 2.46. The molecule has 0 aromatic rings. The third-order valence-electron chi connectivity index (χ3n) is 4.01. The number of hydrogen-bond donors (Lipinski definition) is 1. The average molecular weight is 180 g/mol. The van der Waals surface area contributed by atoms with Gasteiger partial charge in [0.15, 0.2) is 0 Å². The van der Waals surface area contributed by atoms with Crippen molar-refractivity contribution in [1.29, 1.82) is 0 Å².